The van der Waals surface area contributed by atoms with Gasteiger partial charge in [-0.05, 0) is 6.92 Å². The molecule has 13 heavy (non-hydrogen) atoms. The number of hydrogen-bond acceptors (Lipinski definition) is 3. The van der Waals surface area contributed by atoms with Crippen LogP contribution in [0.3, 0.4) is 0 Å². The molecular formula is C9H14O4. The molecule has 1 N–H and O–H groups in total. The minimum absolute atomic E-state index is 0.549. The molecule has 0 aliphatic carbocycles. The van der Waals surface area contributed by atoms with Crippen LogP contribution in [0.1, 0.15) is 27.7 Å². The summed E-state index contributed by atoms with van der Waals surface area (Å²) in [5.74, 6) is -4.05. The van der Waals surface area contributed by atoms with Crippen LogP contribution in [0.25, 0.3) is 0 Å². The zero-order valence-corrected chi connectivity index (χ0v) is 8.25. The number of aliphatic carboxylic acids is 1. The van der Waals surface area contributed by atoms with E-state index in [1.807, 2.05) is 0 Å². The van der Waals surface area contributed by atoms with Crippen molar-refractivity contribution in [1.82, 2.24) is 0 Å². The Morgan fingerprint density at radius 2 is 1.54 bits per heavy atom. The molecule has 0 spiro atoms. The van der Waals surface area contributed by atoms with E-state index in [1.54, 1.807) is 20.8 Å². The SMILES string of the molecule is CC(=O)C(C(=O)O)C(=O)C(C)(C)C. The first-order valence-electron chi connectivity index (χ1n) is 3.95. The Morgan fingerprint density at radius 3 is 1.62 bits per heavy atom. The minimum atomic E-state index is -1.51. The van der Waals surface area contributed by atoms with Crippen molar-refractivity contribution in [3.8, 4) is 0 Å². The second-order valence-electron chi connectivity index (χ2n) is 4.00. The van der Waals surface area contributed by atoms with Crippen LogP contribution in [-0.4, -0.2) is 22.6 Å². The number of Topliss-reactive ketones (excluding diaryl/α,β-unsaturated/α-hetero) is 2. The van der Waals surface area contributed by atoms with Gasteiger partial charge in [-0.2, -0.15) is 0 Å². The summed E-state index contributed by atoms with van der Waals surface area (Å²) in [6.45, 7) is 5.89. The Hall–Kier alpha value is -1.19. The van der Waals surface area contributed by atoms with E-state index in [0.717, 1.165) is 6.92 Å². The van der Waals surface area contributed by atoms with E-state index >= 15 is 0 Å². The van der Waals surface area contributed by atoms with Crippen molar-refractivity contribution in [1.29, 1.82) is 0 Å². The van der Waals surface area contributed by atoms with Crippen LogP contribution in [-0.2, 0) is 14.4 Å². The molecular weight excluding hydrogens is 172 g/mol. The lowest BCUT2D eigenvalue weighted by atomic mass is 9.81. The van der Waals surface area contributed by atoms with E-state index in [1.165, 1.54) is 0 Å². The van der Waals surface area contributed by atoms with Gasteiger partial charge < -0.3 is 5.11 Å². The fourth-order valence-corrected chi connectivity index (χ4v) is 0.904. The Balaban J connectivity index is 4.89. The molecule has 0 aromatic heterocycles. The van der Waals surface area contributed by atoms with E-state index in [0.29, 0.717) is 0 Å². The average molecular weight is 186 g/mol. The molecule has 0 radical (unpaired) electrons. The van der Waals surface area contributed by atoms with Crippen LogP contribution in [0.4, 0.5) is 0 Å². The van der Waals surface area contributed by atoms with E-state index in [4.69, 9.17) is 5.11 Å². The third kappa shape index (κ3) is 2.97. The Kier molecular flexibility index (Phi) is 3.34. The first-order chi connectivity index (χ1) is 5.68. The van der Waals surface area contributed by atoms with Gasteiger partial charge in [0.2, 0.25) is 0 Å². The van der Waals surface area contributed by atoms with Gasteiger partial charge >= 0.3 is 5.97 Å². The molecule has 0 amide bonds. The standard InChI is InChI=1S/C9H14O4/c1-5(10)6(8(12)13)7(11)9(2,3)4/h6H,1-4H3,(H,12,13). The van der Waals surface area contributed by atoms with Gasteiger partial charge in [-0.1, -0.05) is 20.8 Å². The summed E-state index contributed by atoms with van der Waals surface area (Å²) in [7, 11) is 0. The Morgan fingerprint density at radius 1 is 1.15 bits per heavy atom. The van der Waals surface area contributed by atoms with Gasteiger partial charge in [-0.15, -0.1) is 0 Å². The molecule has 0 aromatic carbocycles. The monoisotopic (exact) mass is 186 g/mol. The number of carbonyl (C=O) groups is 3. The fourth-order valence-electron chi connectivity index (χ4n) is 0.904. The number of rotatable bonds is 3. The average Bonchev–Trinajstić information content (AvgIpc) is 1.82. The summed E-state index contributed by atoms with van der Waals surface area (Å²) < 4.78 is 0. The highest BCUT2D eigenvalue weighted by Gasteiger charge is 2.37. The van der Waals surface area contributed by atoms with Gasteiger partial charge in [-0.25, -0.2) is 0 Å². The predicted molar refractivity (Wildman–Crippen MR) is 46.3 cm³/mol. The van der Waals surface area contributed by atoms with Gasteiger partial charge in [0.05, 0.1) is 0 Å². The van der Waals surface area contributed by atoms with Crippen molar-refractivity contribution < 1.29 is 19.5 Å². The van der Waals surface area contributed by atoms with Crippen molar-refractivity contribution in [2.24, 2.45) is 11.3 Å². The molecule has 0 rings (SSSR count). The molecule has 74 valence electrons. The maximum absolute atomic E-state index is 11.4. The number of carboxylic acids is 1. The van der Waals surface area contributed by atoms with Gasteiger partial charge in [0, 0.05) is 5.41 Å². The first kappa shape index (κ1) is 11.8. The van der Waals surface area contributed by atoms with Crippen molar-refractivity contribution >= 4 is 17.5 Å². The van der Waals surface area contributed by atoms with Crippen LogP contribution >= 0.6 is 0 Å². The highest BCUT2D eigenvalue weighted by atomic mass is 16.4. The maximum atomic E-state index is 11.4. The zero-order valence-electron chi connectivity index (χ0n) is 8.25. The van der Waals surface area contributed by atoms with Crippen LogP contribution < -0.4 is 0 Å². The van der Waals surface area contributed by atoms with Crippen LogP contribution in [0.2, 0.25) is 0 Å². The summed E-state index contributed by atoms with van der Waals surface area (Å²) in [4.78, 5) is 32.9. The van der Waals surface area contributed by atoms with Crippen LogP contribution in [0.15, 0.2) is 0 Å². The van der Waals surface area contributed by atoms with Crippen molar-refractivity contribution in [2.45, 2.75) is 27.7 Å². The molecule has 4 heteroatoms. The molecule has 0 saturated carbocycles. The molecule has 0 fully saturated rings. The van der Waals surface area contributed by atoms with E-state index < -0.39 is 28.9 Å². The third-order valence-corrected chi connectivity index (χ3v) is 1.65. The van der Waals surface area contributed by atoms with E-state index in [2.05, 4.69) is 0 Å². The zero-order chi connectivity index (χ0) is 10.8. The molecule has 1 unspecified atom stereocenters. The molecule has 0 bridgehead atoms. The lowest BCUT2D eigenvalue weighted by Crippen LogP contribution is -2.37. The lowest BCUT2D eigenvalue weighted by Gasteiger charge is -2.19. The van der Waals surface area contributed by atoms with Gasteiger partial charge in [0.1, 0.15) is 0 Å². The quantitative estimate of drug-likeness (QED) is 0.664. The normalized spacial score (nSPS) is 13.5. The smallest absolute Gasteiger partial charge is 0.321 e. The molecule has 0 saturated heterocycles. The number of carbonyl (C=O) groups excluding carboxylic acids is 2. The summed E-state index contributed by atoms with van der Waals surface area (Å²) >= 11 is 0. The maximum Gasteiger partial charge on any atom is 0.321 e. The molecule has 4 nitrogen and oxygen atoms in total. The number of ketones is 2. The lowest BCUT2D eigenvalue weighted by molar-refractivity contribution is -0.152. The molecule has 1 atom stereocenters. The van der Waals surface area contributed by atoms with Crippen molar-refractivity contribution in [3.05, 3.63) is 0 Å². The van der Waals surface area contributed by atoms with Crippen molar-refractivity contribution in [2.75, 3.05) is 0 Å². The molecule has 0 heterocycles. The highest BCUT2D eigenvalue weighted by molar-refractivity contribution is 6.17. The summed E-state index contributed by atoms with van der Waals surface area (Å²) in [6.07, 6.45) is 0. The molecule has 0 aliphatic rings. The molecule has 0 aromatic rings. The van der Waals surface area contributed by atoms with Gasteiger partial charge in [0.25, 0.3) is 0 Å². The van der Waals surface area contributed by atoms with Crippen LogP contribution in [0.5, 0.6) is 0 Å². The largest absolute Gasteiger partial charge is 0.480 e. The summed E-state index contributed by atoms with van der Waals surface area (Å²) in [5.41, 5.74) is -0.797. The Labute approximate surface area is 76.9 Å². The second-order valence-corrected chi connectivity index (χ2v) is 4.00. The minimum Gasteiger partial charge on any atom is -0.480 e. The molecule has 0 aliphatic heterocycles. The van der Waals surface area contributed by atoms with Gasteiger partial charge in [-0.3, -0.25) is 14.4 Å². The first-order valence-corrected chi connectivity index (χ1v) is 3.95. The van der Waals surface area contributed by atoms with E-state index in [9.17, 15) is 14.4 Å². The summed E-state index contributed by atoms with van der Waals surface area (Å²) in [5, 5.41) is 8.64. The number of hydrogen-bond donors (Lipinski definition) is 1. The van der Waals surface area contributed by atoms with Crippen LogP contribution in [0, 0.1) is 11.3 Å². The topological polar surface area (TPSA) is 71.4 Å². The Bertz CT molecular complexity index is 233. The summed E-state index contributed by atoms with van der Waals surface area (Å²) in [6, 6.07) is 0. The number of carboxylic acid groups (broad SMARTS) is 1. The third-order valence-electron chi connectivity index (χ3n) is 1.65. The second kappa shape index (κ2) is 3.68. The van der Waals surface area contributed by atoms with Gasteiger partial charge in [0.15, 0.2) is 17.5 Å². The highest BCUT2D eigenvalue weighted by Crippen LogP contribution is 2.20. The van der Waals surface area contributed by atoms with E-state index in [-0.39, 0.29) is 0 Å². The van der Waals surface area contributed by atoms with Crippen molar-refractivity contribution in [3.63, 3.8) is 0 Å². The fraction of sp³-hybridized carbons (Fsp3) is 0.667. The predicted octanol–water partition coefficient (Wildman–Crippen LogP) is 0.891.